The molecule has 0 bridgehead atoms. The maximum absolute atomic E-state index is 5.96. The molecule has 0 atom stereocenters. The molecule has 5 heteroatoms. The molecular weight excluding hydrogens is 242 g/mol. The Morgan fingerprint density at radius 2 is 2.06 bits per heavy atom. The maximum Gasteiger partial charge on any atom is 0.133 e. The molecule has 0 saturated heterocycles. The lowest BCUT2D eigenvalue weighted by Gasteiger charge is -2.10. The van der Waals surface area contributed by atoms with E-state index in [0.717, 1.165) is 23.1 Å². The van der Waals surface area contributed by atoms with Crippen LogP contribution in [0.25, 0.3) is 0 Å². The highest BCUT2D eigenvalue weighted by atomic mass is 35.5. The second kappa shape index (κ2) is 6.42. The first-order valence-corrected chi connectivity index (χ1v) is 6.67. The topological polar surface area (TPSA) is 29.0 Å². The van der Waals surface area contributed by atoms with Gasteiger partial charge in [-0.15, -0.1) is 11.8 Å². The summed E-state index contributed by atoms with van der Waals surface area (Å²) in [6.45, 7) is 5.17. The quantitative estimate of drug-likeness (QED) is 0.601. The van der Waals surface area contributed by atoms with Crippen LogP contribution in [-0.2, 0) is 0 Å². The molecule has 0 unspecified atom stereocenters. The largest absolute Gasteiger partial charge is 0.309 e. The molecule has 0 radical (unpaired) electrons. The molecule has 0 N–H and O–H groups in total. The van der Waals surface area contributed by atoms with Crippen LogP contribution >= 0.6 is 23.4 Å². The van der Waals surface area contributed by atoms with Crippen LogP contribution in [0.1, 0.15) is 25.6 Å². The van der Waals surface area contributed by atoms with E-state index in [1.54, 1.807) is 11.8 Å². The zero-order valence-corrected chi connectivity index (χ0v) is 11.8. The zero-order chi connectivity index (χ0) is 12.1. The van der Waals surface area contributed by atoms with Gasteiger partial charge in [-0.2, -0.15) is 0 Å². The first-order valence-electron chi connectivity index (χ1n) is 5.31. The summed E-state index contributed by atoms with van der Waals surface area (Å²) in [5.74, 6) is 2.14. The van der Waals surface area contributed by atoms with Crippen molar-refractivity contribution < 1.29 is 0 Å². The lowest BCUT2D eigenvalue weighted by atomic mass is 10.2. The first-order chi connectivity index (χ1) is 7.49. The van der Waals surface area contributed by atoms with Gasteiger partial charge in [-0.1, -0.05) is 25.4 Å². The molecule has 0 aromatic carbocycles. The van der Waals surface area contributed by atoms with Crippen LogP contribution in [0.2, 0.25) is 5.15 Å². The third-order valence-electron chi connectivity index (χ3n) is 1.99. The van der Waals surface area contributed by atoms with Crippen LogP contribution in [0.4, 0.5) is 0 Å². The number of hydrogen-bond donors (Lipinski definition) is 0. The second-order valence-corrected chi connectivity index (χ2v) is 5.70. The lowest BCUT2D eigenvalue weighted by Crippen LogP contribution is -2.14. The highest BCUT2D eigenvalue weighted by molar-refractivity contribution is 7.99. The summed E-state index contributed by atoms with van der Waals surface area (Å²) in [5.41, 5.74) is 0. The first kappa shape index (κ1) is 13.7. The van der Waals surface area contributed by atoms with Crippen molar-refractivity contribution in [3.8, 4) is 0 Å². The summed E-state index contributed by atoms with van der Waals surface area (Å²) in [6, 6.07) is 1.83. The van der Waals surface area contributed by atoms with E-state index in [-0.39, 0.29) is 0 Å². The molecule has 1 rings (SSSR count). The Morgan fingerprint density at radius 1 is 1.38 bits per heavy atom. The molecular formula is C11H18ClN3S. The molecule has 90 valence electrons. The minimum atomic E-state index is 0.312. The molecule has 16 heavy (non-hydrogen) atoms. The molecule has 0 amide bonds. The average molecular weight is 260 g/mol. The van der Waals surface area contributed by atoms with Crippen LogP contribution in [0.15, 0.2) is 11.1 Å². The van der Waals surface area contributed by atoms with Crippen molar-refractivity contribution in [1.29, 1.82) is 0 Å². The minimum absolute atomic E-state index is 0.312. The van der Waals surface area contributed by atoms with Gasteiger partial charge >= 0.3 is 0 Å². The van der Waals surface area contributed by atoms with E-state index in [0.29, 0.717) is 11.1 Å². The summed E-state index contributed by atoms with van der Waals surface area (Å²) < 4.78 is 0. The van der Waals surface area contributed by atoms with Gasteiger partial charge in [0, 0.05) is 24.3 Å². The highest BCUT2D eigenvalue weighted by Crippen LogP contribution is 2.21. The van der Waals surface area contributed by atoms with Gasteiger partial charge in [0.1, 0.15) is 16.0 Å². The third-order valence-corrected chi connectivity index (χ3v) is 3.08. The number of halogens is 1. The van der Waals surface area contributed by atoms with Gasteiger partial charge in [0.25, 0.3) is 0 Å². The summed E-state index contributed by atoms with van der Waals surface area (Å²) >= 11 is 7.68. The van der Waals surface area contributed by atoms with Crippen LogP contribution in [-0.4, -0.2) is 41.3 Å². The Kier molecular flexibility index (Phi) is 5.52. The van der Waals surface area contributed by atoms with Crippen molar-refractivity contribution in [2.45, 2.75) is 24.8 Å². The Morgan fingerprint density at radius 3 is 2.62 bits per heavy atom. The van der Waals surface area contributed by atoms with Gasteiger partial charge < -0.3 is 4.90 Å². The summed E-state index contributed by atoms with van der Waals surface area (Å²) in [6.07, 6.45) is 0. The van der Waals surface area contributed by atoms with E-state index >= 15 is 0 Å². The molecule has 0 aliphatic heterocycles. The van der Waals surface area contributed by atoms with Crippen molar-refractivity contribution >= 4 is 23.4 Å². The van der Waals surface area contributed by atoms with Gasteiger partial charge in [-0.3, -0.25) is 0 Å². The Hall–Kier alpha value is -0.320. The number of hydrogen-bond acceptors (Lipinski definition) is 4. The van der Waals surface area contributed by atoms with Gasteiger partial charge in [-0.25, -0.2) is 9.97 Å². The van der Waals surface area contributed by atoms with Crippen molar-refractivity contribution in [3.63, 3.8) is 0 Å². The van der Waals surface area contributed by atoms with Crippen LogP contribution in [0, 0.1) is 0 Å². The monoisotopic (exact) mass is 259 g/mol. The van der Waals surface area contributed by atoms with E-state index in [4.69, 9.17) is 11.6 Å². The smallest absolute Gasteiger partial charge is 0.133 e. The van der Waals surface area contributed by atoms with Crippen LogP contribution in [0.5, 0.6) is 0 Å². The van der Waals surface area contributed by atoms with Crippen molar-refractivity contribution in [3.05, 3.63) is 17.0 Å². The summed E-state index contributed by atoms with van der Waals surface area (Å²) in [5, 5.41) is 1.50. The van der Waals surface area contributed by atoms with Gasteiger partial charge in [0.2, 0.25) is 0 Å². The van der Waals surface area contributed by atoms with Gasteiger partial charge in [0.15, 0.2) is 0 Å². The normalized spacial score (nSPS) is 11.4. The van der Waals surface area contributed by atoms with Crippen LogP contribution < -0.4 is 0 Å². The lowest BCUT2D eigenvalue weighted by molar-refractivity contribution is 0.437. The minimum Gasteiger partial charge on any atom is -0.309 e. The SMILES string of the molecule is CC(C)c1nc(Cl)cc(SCCN(C)C)n1. The molecule has 1 heterocycles. The molecule has 0 aliphatic rings. The van der Waals surface area contributed by atoms with Crippen LogP contribution in [0.3, 0.4) is 0 Å². The summed E-state index contributed by atoms with van der Waals surface area (Å²) in [7, 11) is 4.13. The fraction of sp³-hybridized carbons (Fsp3) is 0.636. The maximum atomic E-state index is 5.96. The fourth-order valence-corrected chi connectivity index (χ4v) is 2.35. The van der Waals surface area contributed by atoms with Crippen molar-refractivity contribution in [2.24, 2.45) is 0 Å². The number of thioether (sulfide) groups is 1. The average Bonchev–Trinajstić information content (AvgIpc) is 2.16. The van der Waals surface area contributed by atoms with E-state index < -0.39 is 0 Å². The van der Waals surface area contributed by atoms with E-state index in [2.05, 4.69) is 42.8 Å². The molecule has 3 nitrogen and oxygen atoms in total. The molecule has 0 fully saturated rings. The standard InChI is InChI=1S/C11H18ClN3S/c1-8(2)11-13-9(12)7-10(14-11)16-6-5-15(3)4/h7-8H,5-6H2,1-4H3. The van der Waals surface area contributed by atoms with Crippen molar-refractivity contribution in [2.75, 3.05) is 26.4 Å². The van der Waals surface area contributed by atoms with E-state index in [1.165, 1.54) is 0 Å². The Balaban J connectivity index is 2.65. The molecule has 1 aromatic heterocycles. The predicted octanol–water partition coefficient (Wildman–Crippen LogP) is 2.91. The van der Waals surface area contributed by atoms with Gasteiger partial charge in [-0.05, 0) is 14.1 Å². The number of rotatable bonds is 5. The number of aromatic nitrogens is 2. The molecule has 0 spiro atoms. The van der Waals surface area contributed by atoms with E-state index in [1.807, 2.05) is 6.07 Å². The Bertz CT molecular complexity index is 342. The van der Waals surface area contributed by atoms with Gasteiger partial charge in [0.05, 0.1) is 0 Å². The Labute approximate surface area is 107 Å². The number of nitrogens with zero attached hydrogens (tertiary/aromatic N) is 3. The third kappa shape index (κ3) is 4.68. The highest BCUT2D eigenvalue weighted by Gasteiger charge is 2.07. The summed E-state index contributed by atoms with van der Waals surface area (Å²) in [4.78, 5) is 10.8. The fourth-order valence-electron chi connectivity index (χ4n) is 1.08. The zero-order valence-electron chi connectivity index (χ0n) is 10.2. The molecule has 0 aliphatic carbocycles. The van der Waals surface area contributed by atoms with E-state index in [9.17, 15) is 0 Å². The second-order valence-electron chi connectivity index (χ2n) is 4.19. The molecule has 1 aromatic rings. The van der Waals surface area contributed by atoms with Crippen molar-refractivity contribution in [1.82, 2.24) is 14.9 Å². The molecule has 0 saturated carbocycles. The predicted molar refractivity (Wildman–Crippen MR) is 70.4 cm³/mol.